The van der Waals surface area contributed by atoms with Crippen molar-refractivity contribution in [2.45, 2.75) is 20.8 Å². The smallest absolute Gasteiger partial charge is 0.0239 e. The summed E-state index contributed by atoms with van der Waals surface area (Å²) in [6.07, 6.45) is 2.26. The van der Waals surface area contributed by atoms with Crippen LogP contribution in [0.2, 0.25) is 0 Å². The monoisotopic (exact) mass is 176 g/mol. The van der Waals surface area contributed by atoms with Gasteiger partial charge in [0, 0.05) is 5.33 Å². The van der Waals surface area contributed by atoms with E-state index >= 15 is 0 Å². The molecule has 8 heavy (non-hydrogen) atoms. The first-order chi connectivity index (χ1) is 3.66. The zero-order chi connectivity index (χ0) is 6.57. The van der Waals surface area contributed by atoms with E-state index in [4.69, 9.17) is 0 Å². The lowest BCUT2D eigenvalue weighted by molar-refractivity contribution is 0.822. The van der Waals surface area contributed by atoms with Crippen LogP contribution in [-0.4, -0.2) is 5.33 Å². The van der Waals surface area contributed by atoms with Crippen LogP contribution in [-0.2, 0) is 0 Å². The second-order valence-corrected chi connectivity index (χ2v) is 2.95. The van der Waals surface area contributed by atoms with E-state index in [0.717, 1.165) is 5.33 Å². The van der Waals surface area contributed by atoms with Crippen LogP contribution >= 0.6 is 15.9 Å². The Hall–Kier alpha value is 0.220. The van der Waals surface area contributed by atoms with E-state index in [1.54, 1.807) is 0 Å². The number of rotatable bonds is 2. The van der Waals surface area contributed by atoms with E-state index in [-0.39, 0.29) is 0 Å². The highest BCUT2D eigenvalue weighted by Gasteiger charge is 1.87. The molecule has 0 aromatic rings. The first-order valence-electron chi connectivity index (χ1n) is 2.90. The zero-order valence-corrected chi connectivity index (χ0v) is 7.33. The molecule has 0 heterocycles. The molecule has 0 unspecified atom stereocenters. The van der Waals surface area contributed by atoms with Crippen LogP contribution in [0.25, 0.3) is 0 Å². The fourth-order valence-electron chi connectivity index (χ4n) is 0.614. The van der Waals surface area contributed by atoms with Crippen LogP contribution in [0.15, 0.2) is 11.6 Å². The van der Waals surface area contributed by atoms with E-state index in [1.165, 1.54) is 5.57 Å². The summed E-state index contributed by atoms with van der Waals surface area (Å²) in [6, 6.07) is 0. The van der Waals surface area contributed by atoms with E-state index in [1.807, 2.05) is 0 Å². The van der Waals surface area contributed by atoms with Gasteiger partial charge in [-0.05, 0) is 12.8 Å². The van der Waals surface area contributed by atoms with Crippen molar-refractivity contribution >= 4 is 15.9 Å². The minimum Gasteiger partial charge on any atom is -0.0880 e. The Labute approximate surface area is 60.1 Å². The van der Waals surface area contributed by atoms with Gasteiger partial charge in [-0.3, -0.25) is 0 Å². The summed E-state index contributed by atoms with van der Waals surface area (Å²) in [7, 11) is 0. The molecule has 0 N–H and O–H groups in total. The summed E-state index contributed by atoms with van der Waals surface area (Å²) >= 11 is 3.37. The third kappa shape index (κ3) is 4.38. The molecule has 0 aromatic carbocycles. The van der Waals surface area contributed by atoms with Crippen molar-refractivity contribution in [1.82, 2.24) is 0 Å². The summed E-state index contributed by atoms with van der Waals surface area (Å²) in [5, 5.41) is 1.01. The molecule has 48 valence electrons. The van der Waals surface area contributed by atoms with E-state index < -0.39 is 0 Å². The van der Waals surface area contributed by atoms with Crippen LogP contribution < -0.4 is 0 Å². The molecular formula is C7H13Br. The Balaban J connectivity index is 3.56. The van der Waals surface area contributed by atoms with E-state index in [2.05, 4.69) is 42.8 Å². The molecule has 0 radical (unpaired) electrons. The van der Waals surface area contributed by atoms with Gasteiger partial charge in [0.15, 0.2) is 0 Å². The van der Waals surface area contributed by atoms with Crippen molar-refractivity contribution in [3.8, 4) is 0 Å². The highest BCUT2D eigenvalue weighted by molar-refractivity contribution is 9.09. The molecule has 0 fully saturated rings. The predicted octanol–water partition coefficient (Wildman–Crippen LogP) is 2.98. The van der Waals surface area contributed by atoms with Crippen LogP contribution in [0.3, 0.4) is 0 Å². The van der Waals surface area contributed by atoms with Crippen molar-refractivity contribution in [1.29, 1.82) is 0 Å². The number of alkyl halides is 1. The van der Waals surface area contributed by atoms with Gasteiger partial charge in [0.25, 0.3) is 0 Å². The molecule has 0 nitrogen and oxygen atoms in total. The Morgan fingerprint density at radius 2 is 2.12 bits per heavy atom. The van der Waals surface area contributed by atoms with Gasteiger partial charge < -0.3 is 0 Å². The highest BCUT2D eigenvalue weighted by Crippen LogP contribution is 2.03. The van der Waals surface area contributed by atoms with Gasteiger partial charge in [-0.25, -0.2) is 0 Å². The second kappa shape index (κ2) is 4.13. The number of hydrogen-bond donors (Lipinski definition) is 0. The number of allylic oxidation sites excluding steroid dienone is 2. The van der Waals surface area contributed by atoms with Gasteiger partial charge >= 0.3 is 0 Å². The quantitative estimate of drug-likeness (QED) is 0.449. The van der Waals surface area contributed by atoms with Gasteiger partial charge in [-0.15, -0.1) is 0 Å². The van der Waals surface area contributed by atoms with Gasteiger partial charge in [0.05, 0.1) is 0 Å². The van der Waals surface area contributed by atoms with E-state index in [9.17, 15) is 0 Å². The molecule has 0 aliphatic heterocycles. The molecule has 0 atom stereocenters. The van der Waals surface area contributed by atoms with Crippen molar-refractivity contribution in [2.75, 3.05) is 5.33 Å². The largest absolute Gasteiger partial charge is 0.0880 e. The second-order valence-electron chi connectivity index (χ2n) is 2.39. The lowest BCUT2D eigenvalue weighted by atomic mass is 10.1. The van der Waals surface area contributed by atoms with Crippen LogP contribution in [0.4, 0.5) is 0 Å². The van der Waals surface area contributed by atoms with Gasteiger partial charge in [0.2, 0.25) is 0 Å². The molecule has 0 aliphatic rings. The molecule has 0 spiro atoms. The van der Waals surface area contributed by atoms with Crippen LogP contribution in [0.5, 0.6) is 0 Å². The van der Waals surface area contributed by atoms with Crippen LogP contribution in [0, 0.1) is 5.92 Å². The van der Waals surface area contributed by atoms with Crippen molar-refractivity contribution in [3.05, 3.63) is 11.6 Å². The third-order valence-corrected chi connectivity index (χ3v) is 1.71. The Bertz CT molecular complexity index is 82.4. The standard InChI is InChI=1S/C7H13Br/c1-6(2)4-7(3)5-8/h4,6H,5H2,1-3H3. The predicted molar refractivity (Wildman–Crippen MR) is 42.4 cm³/mol. The van der Waals surface area contributed by atoms with Crippen LogP contribution in [0.1, 0.15) is 20.8 Å². The molecule has 0 rings (SSSR count). The maximum Gasteiger partial charge on any atom is 0.0239 e. The summed E-state index contributed by atoms with van der Waals surface area (Å²) in [6.45, 7) is 6.51. The molecule has 0 aliphatic carbocycles. The molecular weight excluding hydrogens is 164 g/mol. The lowest BCUT2D eigenvalue weighted by Crippen LogP contribution is -1.82. The van der Waals surface area contributed by atoms with Crippen molar-refractivity contribution < 1.29 is 0 Å². The Morgan fingerprint density at radius 3 is 2.25 bits per heavy atom. The molecule has 0 aromatic heterocycles. The highest BCUT2D eigenvalue weighted by atomic mass is 79.9. The summed E-state index contributed by atoms with van der Waals surface area (Å²) in [5.74, 6) is 0.688. The molecule has 0 bridgehead atoms. The maximum atomic E-state index is 3.37. The minimum absolute atomic E-state index is 0.688. The van der Waals surface area contributed by atoms with Crippen molar-refractivity contribution in [2.24, 2.45) is 5.92 Å². The lowest BCUT2D eigenvalue weighted by Gasteiger charge is -1.96. The van der Waals surface area contributed by atoms with E-state index in [0.29, 0.717) is 5.92 Å². The average molecular weight is 177 g/mol. The summed E-state index contributed by atoms with van der Waals surface area (Å²) in [5.41, 5.74) is 1.42. The molecule has 0 saturated carbocycles. The normalized spacial score (nSPS) is 12.9. The fraction of sp³-hybridized carbons (Fsp3) is 0.714. The Kier molecular flexibility index (Phi) is 4.25. The van der Waals surface area contributed by atoms with Gasteiger partial charge in [-0.2, -0.15) is 0 Å². The minimum atomic E-state index is 0.688. The zero-order valence-electron chi connectivity index (χ0n) is 5.74. The fourth-order valence-corrected chi connectivity index (χ4v) is 0.800. The first-order valence-corrected chi connectivity index (χ1v) is 4.02. The third-order valence-electron chi connectivity index (χ3n) is 0.829. The topological polar surface area (TPSA) is 0 Å². The molecule has 0 saturated heterocycles. The Morgan fingerprint density at radius 1 is 1.62 bits per heavy atom. The number of halogens is 1. The van der Waals surface area contributed by atoms with Gasteiger partial charge in [0.1, 0.15) is 0 Å². The number of hydrogen-bond acceptors (Lipinski definition) is 0. The summed E-state index contributed by atoms with van der Waals surface area (Å²) < 4.78 is 0. The van der Waals surface area contributed by atoms with Crippen molar-refractivity contribution in [3.63, 3.8) is 0 Å². The molecule has 0 amide bonds. The van der Waals surface area contributed by atoms with Gasteiger partial charge in [-0.1, -0.05) is 41.4 Å². The SMILES string of the molecule is CC(=CC(C)C)CBr. The average Bonchev–Trinajstić information content (AvgIpc) is 1.65. The molecule has 1 heteroatoms. The summed E-state index contributed by atoms with van der Waals surface area (Å²) in [4.78, 5) is 0. The first kappa shape index (κ1) is 8.22. The maximum absolute atomic E-state index is 3.37.